The van der Waals surface area contributed by atoms with Crippen molar-refractivity contribution in [1.82, 2.24) is 10.2 Å². The van der Waals surface area contributed by atoms with Gasteiger partial charge in [0.25, 0.3) is 0 Å². The number of benzene rings is 1. The van der Waals surface area contributed by atoms with Gasteiger partial charge in [0.15, 0.2) is 0 Å². The summed E-state index contributed by atoms with van der Waals surface area (Å²) in [4.78, 5) is 27.8. The van der Waals surface area contributed by atoms with Crippen molar-refractivity contribution in [2.75, 3.05) is 13.2 Å². The van der Waals surface area contributed by atoms with Crippen LogP contribution in [0.25, 0.3) is 0 Å². The molecule has 2 aromatic rings. The van der Waals surface area contributed by atoms with E-state index >= 15 is 0 Å². The normalized spacial score (nSPS) is 12.6. The Hall–Kier alpha value is -2.63. The Labute approximate surface area is 222 Å². The van der Waals surface area contributed by atoms with Crippen molar-refractivity contribution in [3.63, 3.8) is 0 Å². The average Bonchev–Trinajstić information content (AvgIpc) is 3.14. The number of hydrogen-bond donors (Lipinski definition) is 4. The molecule has 2 rings (SSSR count). The van der Waals surface area contributed by atoms with E-state index in [1.54, 1.807) is 0 Å². The van der Waals surface area contributed by atoms with E-state index in [0.29, 0.717) is 29.1 Å². The van der Waals surface area contributed by atoms with Gasteiger partial charge in [0.2, 0.25) is 16.0 Å². The van der Waals surface area contributed by atoms with Crippen LogP contribution >= 0.6 is 34.5 Å². The summed E-state index contributed by atoms with van der Waals surface area (Å²) >= 11 is 12.3. The summed E-state index contributed by atoms with van der Waals surface area (Å²) in [6.07, 6.45) is -5.53. The largest absolute Gasteiger partial charge is 0.494 e. The zero-order chi connectivity index (χ0) is 27.8. The lowest BCUT2D eigenvalue weighted by molar-refractivity contribution is -0.202. The van der Waals surface area contributed by atoms with Gasteiger partial charge in [-0.05, 0) is 30.2 Å². The fourth-order valence-electron chi connectivity index (χ4n) is 2.56. The van der Waals surface area contributed by atoms with Crippen LogP contribution in [0.15, 0.2) is 35.2 Å². The maximum absolute atomic E-state index is 12.7. The van der Waals surface area contributed by atoms with Gasteiger partial charge >= 0.3 is 18.1 Å². The summed E-state index contributed by atoms with van der Waals surface area (Å²) in [5.74, 6) is -4.55. The minimum Gasteiger partial charge on any atom is -0.494 e. The van der Waals surface area contributed by atoms with E-state index in [0.717, 1.165) is 6.07 Å². The standard InChI is InChI=1S/C19H19Cl2F3N4O7S2/c20-14-9-13(15(21)36-14)37(31,32)28-12(16(29)35-17(30)19(22,23)24)8-10-2-4-11(5-3-10)33-6-1-7-34-27-18(25)26/h2-5,9,12,28H,1,6-8H2,(H4,25,26,27)/t12-/m0/s1. The molecule has 18 heteroatoms. The van der Waals surface area contributed by atoms with Crippen LogP contribution in [0.2, 0.25) is 8.67 Å². The monoisotopic (exact) mass is 606 g/mol. The van der Waals surface area contributed by atoms with Crippen molar-refractivity contribution in [3.8, 4) is 5.75 Å². The molecule has 11 nitrogen and oxygen atoms in total. The second-order valence-corrected chi connectivity index (χ2v) is 11.0. The molecule has 0 aliphatic carbocycles. The number of ether oxygens (including phenoxy) is 2. The number of rotatable bonds is 12. The Bertz CT molecular complexity index is 1230. The van der Waals surface area contributed by atoms with Gasteiger partial charge in [-0.1, -0.05) is 35.3 Å². The van der Waals surface area contributed by atoms with Gasteiger partial charge in [0.1, 0.15) is 21.0 Å². The van der Waals surface area contributed by atoms with Crippen molar-refractivity contribution in [2.45, 2.75) is 30.0 Å². The minimum atomic E-state index is -5.48. The number of carbonyl (C=O) groups is 2. The lowest BCUT2D eigenvalue weighted by Crippen LogP contribution is -2.45. The predicted octanol–water partition coefficient (Wildman–Crippen LogP) is 2.76. The van der Waals surface area contributed by atoms with Crippen molar-refractivity contribution in [3.05, 3.63) is 44.6 Å². The molecule has 0 saturated heterocycles. The second kappa shape index (κ2) is 13.3. The molecule has 0 saturated carbocycles. The molecule has 1 aromatic heterocycles. The molecule has 37 heavy (non-hydrogen) atoms. The highest BCUT2D eigenvalue weighted by atomic mass is 35.5. The van der Waals surface area contributed by atoms with E-state index in [1.165, 1.54) is 24.3 Å². The van der Waals surface area contributed by atoms with E-state index in [4.69, 9.17) is 43.9 Å². The van der Waals surface area contributed by atoms with Crippen LogP contribution in [-0.2, 0) is 35.6 Å². The van der Waals surface area contributed by atoms with E-state index in [1.807, 2.05) is 4.72 Å². The van der Waals surface area contributed by atoms with E-state index in [9.17, 15) is 31.2 Å². The van der Waals surface area contributed by atoms with Crippen LogP contribution in [0.4, 0.5) is 13.2 Å². The first-order valence-electron chi connectivity index (χ1n) is 9.92. The zero-order valence-electron chi connectivity index (χ0n) is 18.4. The fraction of sp³-hybridized carbons (Fsp3) is 0.316. The quantitative estimate of drug-likeness (QED) is 0.0708. The van der Waals surface area contributed by atoms with Crippen molar-refractivity contribution >= 4 is 62.5 Å². The third-order valence-corrected chi connectivity index (χ3v) is 7.35. The third-order valence-electron chi connectivity index (χ3n) is 4.13. The first kappa shape index (κ1) is 30.6. The number of thiophene rings is 1. The number of halogens is 5. The van der Waals surface area contributed by atoms with Crippen molar-refractivity contribution in [2.24, 2.45) is 5.73 Å². The molecule has 1 atom stereocenters. The van der Waals surface area contributed by atoms with Crippen LogP contribution in [0, 0.1) is 5.41 Å². The second-order valence-electron chi connectivity index (χ2n) is 6.98. The fourth-order valence-corrected chi connectivity index (χ4v) is 5.89. The van der Waals surface area contributed by atoms with Gasteiger partial charge in [-0.2, -0.15) is 17.9 Å². The van der Waals surface area contributed by atoms with Gasteiger partial charge in [-0.15, -0.1) is 11.3 Å². The van der Waals surface area contributed by atoms with Crippen LogP contribution in [0.3, 0.4) is 0 Å². The van der Waals surface area contributed by atoms with Gasteiger partial charge in [0, 0.05) is 6.42 Å². The molecule has 0 aliphatic rings. The number of sulfonamides is 1. The van der Waals surface area contributed by atoms with Gasteiger partial charge in [-0.3, -0.25) is 10.2 Å². The van der Waals surface area contributed by atoms with Crippen LogP contribution in [0.1, 0.15) is 12.0 Å². The Morgan fingerprint density at radius 2 is 1.81 bits per heavy atom. The molecule has 1 heterocycles. The molecule has 204 valence electrons. The topological polar surface area (TPSA) is 170 Å². The molecular weight excluding hydrogens is 588 g/mol. The molecular formula is C19H19Cl2F3N4O7S2. The highest BCUT2D eigenvalue weighted by Gasteiger charge is 2.44. The third kappa shape index (κ3) is 9.98. The van der Waals surface area contributed by atoms with Crippen molar-refractivity contribution < 1.29 is 45.5 Å². The SMILES string of the molecule is N=C(N)NOCCCOc1ccc(C[C@H](NS(=O)(=O)c2cc(Cl)sc2Cl)C(=O)OC(=O)C(F)(F)F)cc1. The van der Waals surface area contributed by atoms with Crippen LogP contribution in [0.5, 0.6) is 5.75 Å². The van der Waals surface area contributed by atoms with Crippen molar-refractivity contribution in [1.29, 1.82) is 5.41 Å². The Balaban J connectivity index is 2.12. The summed E-state index contributed by atoms with van der Waals surface area (Å²) in [6.45, 7) is 0.412. The Kier molecular flexibility index (Phi) is 11.0. The average molecular weight is 607 g/mol. The van der Waals surface area contributed by atoms with Gasteiger partial charge in [0.05, 0.1) is 17.6 Å². The Morgan fingerprint density at radius 1 is 1.16 bits per heavy atom. The number of carbonyl (C=O) groups excluding carboxylic acids is 2. The van der Waals surface area contributed by atoms with Crippen LogP contribution < -0.4 is 20.7 Å². The molecule has 0 fully saturated rings. The predicted molar refractivity (Wildman–Crippen MR) is 127 cm³/mol. The van der Waals surface area contributed by atoms with Gasteiger partial charge < -0.3 is 15.2 Å². The van der Waals surface area contributed by atoms with Crippen LogP contribution in [-0.4, -0.2) is 51.7 Å². The highest BCUT2D eigenvalue weighted by Crippen LogP contribution is 2.34. The first-order valence-corrected chi connectivity index (χ1v) is 13.0. The maximum Gasteiger partial charge on any atom is 0.491 e. The molecule has 0 amide bonds. The van der Waals surface area contributed by atoms with E-state index < -0.39 is 45.5 Å². The molecule has 1 aromatic carbocycles. The molecule has 0 bridgehead atoms. The highest BCUT2D eigenvalue weighted by molar-refractivity contribution is 7.89. The number of esters is 2. The lowest BCUT2D eigenvalue weighted by Gasteiger charge is -2.18. The summed E-state index contributed by atoms with van der Waals surface area (Å²) in [5, 5.41) is 6.93. The number of hydroxylamine groups is 1. The minimum absolute atomic E-state index is 0.00835. The summed E-state index contributed by atoms with van der Waals surface area (Å²) < 4.78 is 74.1. The maximum atomic E-state index is 12.7. The van der Waals surface area contributed by atoms with E-state index in [2.05, 4.69) is 10.2 Å². The lowest BCUT2D eigenvalue weighted by atomic mass is 10.1. The molecule has 0 unspecified atom stereocenters. The smallest absolute Gasteiger partial charge is 0.491 e. The first-order chi connectivity index (χ1) is 17.2. The molecule has 0 radical (unpaired) electrons. The zero-order valence-corrected chi connectivity index (χ0v) is 21.6. The number of hydrogen-bond acceptors (Lipinski definition) is 9. The summed E-state index contributed by atoms with van der Waals surface area (Å²) in [5.41, 5.74) is 7.49. The summed E-state index contributed by atoms with van der Waals surface area (Å²) in [6, 6.07) is 4.86. The number of alkyl halides is 3. The number of nitrogens with two attached hydrogens (primary N) is 1. The molecule has 0 aliphatic heterocycles. The summed E-state index contributed by atoms with van der Waals surface area (Å²) in [7, 11) is -4.55. The van der Waals surface area contributed by atoms with Gasteiger partial charge in [-0.25, -0.2) is 23.5 Å². The number of nitrogens with one attached hydrogen (secondary N) is 3. The van der Waals surface area contributed by atoms with E-state index in [-0.39, 0.29) is 27.8 Å². The Morgan fingerprint density at radius 3 is 2.35 bits per heavy atom. The number of guanidine groups is 1. The molecule has 0 spiro atoms. The molecule has 5 N–H and O–H groups in total.